The number of rotatable bonds is 6. The smallest absolute Gasteiger partial charge is 0.244 e. The first-order valence-electron chi connectivity index (χ1n) is 7.32. The summed E-state index contributed by atoms with van der Waals surface area (Å²) in [6, 6.07) is 7.88. The summed E-state index contributed by atoms with van der Waals surface area (Å²) in [5.74, 6) is 0.817. The summed E-state index contributed by atoms with van der Waals surface area (Å²) < 4.78 is 2.11. The number of halogens is 1. The second kappa shape index (κ2) is 6.75. The number of benzene rings is 1. The lowest BCUT2D eigenvalue weighted by Gasteiger charge is -2.04. The normalized spacial score (nSPS) is 14.4. The van der Waals surface area contributed by atoms with E-state index in [1.165, 1.54) is 18.9 Å². The number of hydrogen-bond acceptors (Lipinski definition) is 3. The van der Waals surface area contributed by atoms with E-state index >= 15 is 0 Å². The summed E-state index contributed by atoms with van der Waals surface area (Å²) in [6.45, 7) is 0.551. The molecular weight excluding hydrogens is 300 g/mol. The van der Waals surface area contributed by atoms with Gasteiger partial charge in [0, 0.05) is 30.1 Å². The maximum Gasteiger partial charge on any atom is 0.244 e. The Balaban J connectivity index is 1.46. The van der Waals surface area contributed by atoms with E-state index in [1.54, 1.807) is 24.5 Å². The van der Waals surface area contributed by atoms with E-state index in [0.29, 0.717) is 24.0 Å². The molecule has 0 atom stereocenters. The summed E-state index contributed by atoms with van der Waals surface area (Å²) in [7, 11) is 0. The standard InChI is InChI=1S/C16H17ClN4O/c17-13-4-1-12(2-5-13)3-8-16(22)18-10-9-15-20-19-11-21(15)14-6-7-14/h1-5,8,11,14H,6-7,9-10H2,(H,18,22). The Bertz CT molecular complexity index is 674. The van der Waals surface area contributed by atoms with Gasteiger partial charge in [-0.25, -0.2) is 0 Å². The van der Waals surface area contributed by atoms with Gasteiger partial charge in [0.25, 0.3) is 0 Å². The molecule has 0 unspecified atom stereocenters. The summed E-state index contributed by atoms with van der Waals surface area (Å²) in [5, 5.41) is 11.6. The lowest BCUT2D eigenvalue weighted by molar-refractivity contribution is -0.116. The van der Waals surface area contributed by atoms with Crippen LogP contribution in [-0.2, 0) is 11.2 Å². The van der Waals surface area contributed by atoms with Crippen LogP contribution in [0.4, 0.5) is 0 Å². The maximum atomic E-state index is 11.8. The summed E-state index contributed by atoms with van der Waals surface area (Å²) in [6.07, 6.45) is 8.14. The van der Waals surface area contributed by atoms with Gasteiger partial charge in [-0.2, -0.15) is 0 Å². The van der Waals surface area contributed by atoms with E-state index in [1.807, 2.05) is 12.1 Å². The summed E-state index contributed by atoms with van der Waals surface area (Å²) in [5.41, 5.74) is 0.938. The number of nitrogens with zero attached hydrogens (tertiary/aromatic N) is 3. The first kappa shape index (κ1) is 14.8. The van der Waals surface area contributed by atoms with Gasteiger partial charge in [0.2, 0.25) is 5.91 Å². The molecule has 114 valence electrons. The Morgan fingerprint density at radius 2 is 2.14 bits per heavy atom. The molecular formula is C16H17ClN4O. The van der Waals surface area contributed by atoms with Crippen LogP contribution in [0, 0.1) is 0 Å². The fraction of sp³-hybridized carbons (Fsp3) is 0.312. The van der Waals surface area contributed by atoms with Crippen molar-refractivity contribution in [1.82, 2.24) is 20.1 Å². The zero-order valence-electron chi connectivity index (χ0n) is 12.1. The van der Waals surface area contributed by atoms with Crippen molar-refractivity contribution >= 4 is 23.6 Å². The zero-order chi connectivity index (χ0) is 15.4. The molecule has 2 aromatic rings. The number of aromatic nitrogens is 3. The first-order chi connectivity index (χ1) is 10.7. The van der Waals surface area contributed by atoms with E-state index in [2.05, 4.69) is 20.1 Å². The molecule has 1 aliphatic rings. The average molecular weight is 317 g/mol. The molecule has 0 saturated heterocycles. The summed E-state index contributed by atoms with van der Waals surface area (Å²) >= 11 is 5.81. The van der Waals surface area contributed by atoms with Gasteiger partial charge in [-0.1, -0.05) is 23.7 Å². The Kier molecular flexibility index (Phi) is 4.53. The molecule has 1 fully saturated rings. The van der Waals surface area contributed by atoms with Gasteiger partial charge in [0.15, 0.2) is 0 Å². The predicted octanol–water partition coefficient (Wildman–Crippen LogP) is 2.64. The Hall–Kier alpha value is -2.14. The zero-order valence-corrected chi connectivity index (χ0v) is 12.8. The predicted molar refractivity (Wildman–Crippen MR) is 85.5 cm³/mol. The van der Waals surface area contributed by atoms with Gasteiger partial charge in [-0.3, -0.25) is 4.79 Å². The first-order valence-corrected chi connectivity index (χ1v) is 7.70. The minimum absolute atomic E-state index is 0.118. The van der Waals surface area contributed by atoms with Crippen LogP contribution in [0.5, 0.6) is 0 Å². The molecule has 0 spiro atoms. The van der Waals surface area contributed by atoms with Crippen molar-refractivity contribution < 1.29 is 4.79 Å². The molecule has 6 heteroatoms. The number of nitrogens with one attached hydrogen (secondary N) is 1. The number of carbonyl (C=O) groups is 1. The third kappa shape index (κ3) is 3.95. The molecule has 1 saturated carbocycles. The number of carbonyl (C=O) groups excluding carboxylic acids is 1. The Labute approximate surface area is 134 Å². The second-order valence-corrected chi connectivity index (χ2v) is 5.75. The Morgan fingerprint density at radius 3 is 2.86 bits per heavy atom. The Morgan fingerprint density at radius 1 is 1.36 bits per heavy atom. The molecule has 1 heterocycles. The lowest BCUT2D eigenvalue weighted by atomic mass is 10.2. The van der Waals surface area contributed by atoms with Crippen molar-refractivity contribution in [3.8, 4) is 0 Å². The topological polar surface area (TPSA) is 59.8 Å². The average Bonchev–Trinajstić information content (AvgIpc) is 3.26. The lowest BCUT2D eigenvalue weighted by Crippen LogP contribution is -2.24. The van der Waals surface area contributed by atoms with Gasteiger partial charge in [0.05, 0.1) is 0 Å². The molecule has 1 aromatic heterocycles. The number of hydrogen-bond donors (Lipinski definition) is 1. The fourth-order valence-electron chi connectivity index (χ4n) is 2.21. The van der Waals surface area contributed by atoms with Crippen molar-refractivity contribution in [1.29, 1.82) is 0 Å². The van der Waals surface area contributed by atoms with Crippen molar-refractivity contribution in [2.45, 2.75) is 25.3 Å². The fourth-order valence-corrected chi connectivity index (χ4v) is 2.33. The van der Waals surface area contributed by atoms with E-state index in [-0.39, 0.29) is 5.91 Å². The highest BCUT2D eigenvalue weighted by molar-refractivity contribution is 6.30. The van der Waals surface area contributed by atoms with Gasteiger partial charge in [-0.05, 0) is 36.6 Å². The van der Waals surface area contributed by atoms with Crippen molar-refractivity contribution in [3.63, 3.8) is 0 Å². The van der Waals surface area contributed by atoms with Gasteiger partial charge in [-0.15, -0.1) is 10.2 Å². The molecule has 1 aromatic carbocycles. The largest absolute Gasteiger partial charge is 0.352 e. The number of amides is 1. The monoisotopic (exact) mass is 316 g/mol. The highest BCUT2D eigenvalue weighted by Gasteiger charge is 2.25. The maximum absolute atomic E-state index is 11.8. The van der Waals surface area contributed by atoms with E-state index < -0.39 is 0 Å². The highest BCUT2D eigenvalue weighted by atomic mass is 35.5. The van der Waals surface area contributed by atoms with Gasteiger partial charge >= 0.3 is 0 Å². The summed E-state index contributed by atoms with van der Waals surface area (Å²) in [4.78, 5) is 11.8. The van der Waals surface area contributed by atoms with Crippen LogP contribution in [0.15, 0.2) is 36.7 Å². The second-order valence-electron chi connectivity index (χ2n) is 5.31. The van der Waals surface area contributed by atoms with Crippen LogP contribution >= 0.6 is 11.6 Å². The third-order valence-electron chi connectivity index (χ3n) is 3.53. The molecule has 0 aliphatic heterocycles. The molecule has 22 heavy (non-hydrogen) atoms. The van der Waals surface area contributed by atoms with E-state index in [9.17, 15) is 4.79 Å². The minimum atomic E-state index is -0.118. The molecule has 1 N–H and O–H groups in total. The third-order valence-corrected chi connectivity index (χ3v) is 3.78. The van der Waals surface area contributed by atoms with Gasteiger partial charge < -0.3 is 9.88 Å². The van der Waals surface area contributed by atoms with E-state index in [4.69, 9.17) is 11.6 Å². The molecule has 0 bridgehead atoms. The van der Waals surface area contributed by atoms with Crippen molar-refractivity contribution in [2.75, 3.05) is 6.54 Å². The quantitative estimate of drug-likeness (QED) is 0.833. The van der Waals surface area contributed by atoms with Gasteiger partial charge in [0.1, 0.15) is 12.2 Å². The van der Waals surface area contributed by atoms with Crippen molar-refractivity contribution in [3.05, 3.63) is 53.1 Å². The van der Waals surface area contributed by atoms with Crippen LogP contribution in [0.1, 0.15) is 30.3 Å². The molecule has 5 nitrogen and oxygen atoms in total. The van der Waals surface area contributed by atoms with Crippen LogP contribution < -0.4 is 5.32 Å². The molecule has 1 amide bonds. The minimum Gasteiger partial charge on any atom is -0.352 e. The van der Waals surface area contributed by atoms with Crippen molar-refractivity contribution in [2.24, 2.45) is 0 Å². The molecule has 1 aliphatic carbocycles. The van der Waals surface area contributed by atoms with Crippen LogP contribution in [-0.4, -0.2) is 27.2 Å². The molecule has 3 rings (SSSR count). The van der Waals surface area contributed by atoms with Crippen LogP contribution in [0.3, 0.4) is 0 Å². The van der Waals surface area contributed by atoms with E-state index in [0.717, 1.165) is 11.4 Å². The van der Waals surface area contributed by atoms with Crippen LogP contribution in [0.2, 0.25) is 5.02 Å². The molecule has 0 radical (unpaired) electrons. The highest BCUT2D eigenvalue weighted by Crippen LogP contribution is 2.35. The van der Waals surface area contributed by atoms with Crippen LogP contribution in [0.25, 0.3) is 6.08 Å². The SMILES string of the molecule is O=C(C=Cc1ccc(Cl)cc1)NCCc1nncn1C1CC1.